The second kappa shape index (κ2) is 9.47. The van der Waals surface area contributed by atoms with Crippen LogP contribution in [0, 0.1) is 17.3 Å². The second-order valence-electron chi connectivity index (χ2n) is 11.0. The number of benzene rings is 2. The number of rotatable bonds is 6. The Morgan fingerprint density at radius 3 is 2.03 bits per heavy atom. The van der Waals surface area contributed by atoms with Crippen LogP contribution in [0.15, 0.2) is 54.6 Å². The number of nitrogens with one attached hydrogen (secondary N) is 1. The van der Waals surface area contributed by atoms with Crippen LogP contribution in [0.4, 0.5) is 0 Å². The number of hydrogen-bond donors (Lipinski definition) is 1. The summed E-state index contributed by atoms with van der Waals surface area (Å²) in [4.78, 5) is 53.9. The van der Waals surface area contributed by atoms with Gasteiger partial charge in [0.15, 0.2) is 0 Å². The number of nitrogens with zero attached hydrogens (tertiary/aromatic N) is 1. The minimum Gasteiger partial charge on any atom is -0.548 e. The van der Waals surface area contributed by atoms with Gasteiger partial charge >= 0.3 is 51.4 Å². The standard InChI is InChI=1S/C28H28N2O5.K/c31-23-20-8-4-5-9-21(20)24(32)30(23)28-14-18-10-19(15-28)13-27(12-18,16-28)26(35)29-22(25(33)34)11-17-6-2-1-3-7-17;/h1-9,18-19,22H,10-16H2,(H,29,35)(H,33,34);/q;+1/p-1/t18-,19+,22-,27?,28?;/m0./s1. The van der Waals surface area contributed by atoms with Crippen molar-refractivity contribution < 1.29 is 75.7 Å². The van der Waals surface area contributed by atoms with Crippen LogP contribution in [0.1, 0.15) is 64.8 Å². The fraction of sp³-hybridized carbons (Fsp3) is 0.429. The summed E-state index contributed by atoms with van der Waals surface area (Å²) in [6.45, 7) is 0. The predicted octanol–water partition coefficient (Wildman–Crippen LogP) is -0.897. The van der Waals surface area contributed by atoms with Crippen molar-refractivity contribution in [1.29, 1.82) is 0 Å². The normalized spacial score (nSPS) is 30.5. The number of fused-ring (bicyclic) bond motifs is 1. The molecule has 0 aromatic heterocycles. The largest absolute Gasteiger partial charge is 1.00 e. The number of aliphatic carboxylic acids is 1. The van der Waals surface area contributed by atoms with Gasteiger partial charge in [-0.3, -0.25) is 19.3 Å². The first-order valence-corrected chi connectivity index (χ1v) is 12.3. The Kier molecular flexibility index (Phi) is 6.79. The van der Waals surface area contributed by atoms with E-state index in [4.69, 9.17) is 0 Å². The van der Waals surface area contributed by atoms with Crippen LogP contribution in [0.3, 0.4) is 0 Å². The molecule has 36 heavy (non-hydrogen) atoms. The summed E-state index contributed by atoms with van der Waals surface area (Å²) in [5, 5.41) is 14.7. The second-order valence-corrected chi connectivity index (χ2v) is 11.0. The van der Waals surface area contributed by atoms with E-state index in [0.29, 0.717) is 43.2 Å². The van der Waals surface area contributed by atoms with Gasteiger partial charge in [0.25, 0.3) is 11.8 Å². The number of carboxylic acids is 1. The Hall–Kier alpha value is -1.84. The summed E-state index contributed by atoms with van der Waals surface area (Å²) in [7, 11) is 0. The minimum absolute atomic E-state index is 0. The van der Waals surface area contributed by atoms with E-state index in [2.05, 4.69) is 5.32 Å². The Morgan fingerprint density at radius 2 is 1.47 bits per heavy atom. The smallest absolute Gasteiger partial charge is 0.548 e. The monoisotopic (exact) mass is 510 g/mol. The van der Waals surface area contributed by atoms with Gasteiger partial charge < -0.3 is 15.2 Å². The number of carbonyl (C=O) groups is 4. The summed E-state index contributed by atoms with van der Waals surface area (Å²) in [6.07, 6.45) is 4.23. The van der Waals surface area contributed by atoms with Crippen LogP contribution in [0.5, 0.6) is 0 Å². The van der Waals surface area contributed by atoms with Gasteiger partial charge in [-0.25, -0.2) is 0 Å². The quantitative estimate of drug-likeness (QED) is 0.401. The van der Waals surface area contributed by atoms with Gasteiger partial charge in [-0.1, -0.05) is 42.5 Å². The third-order valence-electron chi connectivity index (χ3n) is 8.65. The summed E-state index contributed by atoms with van der Waals surface area (Å²) in [5.74, 6) is -1.72. The molecule has 4 saturated carbocycles. The molecule has 5 aliphatic rings. The molecular formula is C28H27KN2O5. The zero-order valence-corrected chi connectivity index (χ0v) is 23.5. The molecule has 1 heterocycles. The molecule has 7 rings (SSSR count). The van der Waals surface area contributed by atoms with Gasteiger partial charge in [-0.15, -0.1) is 0 Å². The van der Waals surface area contributed by atoms with E-state index in [-0.39, 0.29) is 87.4 Å². The van der Waals surface area contributed by atoms with E-state index in [9.17, 15) is 24.3 Å². The molecular weight excluding hydrogens is 483 g/mol. The molecule has 5 atom stereocenters. The van der Waals surface area contributed by atoms with Gasteiger partial charge in [-0.2, -0.15) is 0 Å². The van der Waals surface area contributed by atoms with Crippen molar-refractivity contribution in [1.82, 2.24) is 10.2 Å². The van der Waals surface area contributed by atoms with Crippen molar-refractivity contribution >= 4 is 23.7 Å². The Balaban J connectivity index is 0.00000267. The van der Waals surface area contributed by atoms with Crippen molar-refractivity contribution in [3.8, 4) is 0 Å². The molecule has 4 bridgehead atoms. The van der Waals surface area contributed by atoms with Crippen LogP contribution in [0.2, 0.25) is 0 Å². The molecule has 0 spiro atoms. The van der Waals surface area contributed by atoms with Crippen molar-refractivity contribution in [3.63, 3.8) is 0 Å². The van der Waals surface area contributed by atoms with Crippen molar-refractivity contribution in [2.24, 2.45) is 17.3 Å². The first-order chi connectivity index (χ1) is 16.8. The molecule has 0 radical (unpaired) electrons. The topological polar surface area (TPSA) is 107 Å². The van der Waals surface area contributed by atoms with E-state index in [1.165, 1.54) is 4.90 Å². The zero-order chi connectivity index (χ0) is 24.4. The van der Waals surface area contributed by atoms with Crippen molar-refractivity contribution in [2.45, 2.75) is 56.5 Å². The Labute approximate surface area is 252 Å². The summed E-state index contributed by atoms with van der Waals surface area (Å²) in [5.41, 5.74) is 0.155. The van der Waals surface area contributed by atoms with E-state index < -0.39 is 23.0 Å². The number of hydrogen-bond acceptors (Lipinski definition) is 5. The molecule has 3 amide bonds. The first kappa shape index (κ1) is 25.8. The first-order valence-electron chi connectivity index (χ1n) is 12.3. The predicted molar refractivity (Wildman–Crippen MR) is 124 cm³/mol. The average molecular weight is 511 g/mol. The molecule has 2 unspecified atom stereocenters. The molecule has 7 nitrogen and oxygen atoms in total. The van der Waals surface area contributed by atoms with E-state index in [0.717, 1.165) is 12.0 Å². The molecule has 4 fully saturated rings. The van der Waals surface area contributed by atoms with Gasteiger partial charge in [-0.05, 0) is 74.5 Å². The van der Waals surface area contributed by atoms with E-state index in [1.807, 2.05) is 30.3 Å². The van der Waals surface area contributed by atoms with Gasteiger partial charge in [0.2, 0.25) is 5.91 Å². The molecule has 4 aliphatic carbocycles. The summed E-state index contributed by atoms with van der Waals surface area (Å²) in [6, 6.07) is 14.9. The maximum absolute atomic E-state index is 13.7. The van der Waals surface area contributed by atoms with Gasteiger partial charge in [0, 0.05) is 0 Å². The zero-order valence-electron chi connectivity index (χ0n) is 20.4. The molecule has 1 aliphatic heterocycles. The maximum atomic E-state index is 13.7. The SMILES string of the molecule is O=C([O-])[C@H](Cc1ccccc1)NC(=O)C12C[C@H]3C[C@@H](C1)CC(N1C(=O)c4ccccc4C1=O)(C3)C2.[K+]. The minimum atomic E-state index is -1.32. The number of carboxylic acid groups (broad SMARTS) is 1. The maximum Gasteiger partial charge on any atom is 1.00 e. The van der Waals surface area contributed by atoms with Gasteiger partial charge in [0.05, 0.1) is 34.1 Å². The van der Waals surface area contributed by atoms with Crippen LogP contribution in [0.25, 0.3) is 0 Å². The van der Waals surface area contributed by atoms with Gasteiger partial charge in [0.1, 0.15) is 0 Å². The van der Waals surface area contributed by atoms with Crippen LogP contribution in [-0.2, 0) is 16.0 Å². The number of carbonyl (C=O) groups excluding carboxylic acids is 4. The summed E-state index contributed by atoms with van der Waals surface area (Å²) < 4.78 is 0. The van der Waals surface area contributed by atoms with Crippen molar-refractivity contribution in [3.05, 3.63) is 71.3 Å². The fourth-order valence-corrected chi connectivity index (χ4v) is 7.72. The molecule has 2 aromatic carbocycles. The fourth-order valence-electron chi connectivity index (χ4n) is 7.72. The van der Waals surface area contributed by atoms with E-state index in [1.54, 1.807) is 24.3 Å². The third kappa shape index (κ3) is 4.11. The third-order valence-corrected chi connectivity index (χ3v) is 8.65. The molecule has 1 N–H and O–H groups in total. The molecule has 0 saturated heterocycles. The van der Waals surface area contributed by atoms with Crippen LogP contribution >= 0.6 is 0 Å². The Bertz CT molecular complexity index is 1200. The summed E-state index contributed by atoms with van der Waals surface area (Å²) >= 11 is 0. The van der Waals surface area contributed by atoms with Crippen LogP contribution in [-0.4, -0.2) is 40.2 Å². The molecule has 180 valence electrons. The van der Waals surface area contributed by atoms with E-state index >= 15 is 0 Å². The molecule has 8 heteroatoms. The number of amides is 3. The number of imide groups is 1. The molecule has 2 aromatic rings. The Morgan fingerprint density at radius 1 is 0.917 bits per heavy atom. The van der Waals surface area contributed by atoms with Crippen molar-refractivity contribution in [2.75, 3.05) is 0 Å². The average Bonchev–Trinajstić information content (AvgIpc) is 3.09. The van der Waals surface area contributed by atoms with Crippen LogP contribution < -0.4 is 61.8 Å².